The fraction of sp³-hybridized carbons (Fsp3) is 0.286. The molecule has 4 rings (SSSR count). The van der Waals surface area contributed by atoms with Gasteiger partial charge in [-0.25, -0.2) is 4.39 Å². The van der Waals surface area contributed by atoms with E-state index in [0.29, 0.717) is 40.6 Å². The Bertz CT molecular complexity index is 1170. The molecule has 0 radical (unpaired) electrons. The smallest absolute Gasteiger partial charge is 0.326 e. The number of carbonyl (C=O) groups is 2. The Labute approximate surface area is 175 Å². The molecule has 0 saturated carbocycles. The number of nitrogens with zero attached hydrogens (tertiary/aromatic N) is 2. The molecule has 1 amide bonds. The van der Waals surface area contributed by atoms with Crippen molar-refractivity contribution in [2.45, 2.75) is 19.9 Å². The van der Waals surface area contributed by atoms with E-state index in [-0.39, 0.29) is 25.4 Å². The first kappa shape index (κ1) is 20.1. The summed E-state index contributed by atoms with van der Waals surface area (Å²) in [6.45, 7) is 2.79. The van der Waals surface area contributed by atoms with Crippen molar-refractivity contribution in [1.82, 2.24) is 4.57 Å². The summed E-state index contributed by atoms with van der Waals surface area (Å²) in [7, 11) is 0. The van der Waals surface area contributed by atoms with Crippen molar-refractivity contribution in [3.05, 3.63) is 52.6 Å². The summed E-state index contributed by atoms with van der Waals surface area (Å²) in [5.41, 5.74) is 1.35. The Balaban J connectivity index is 1.74. The first-order valence-corrected chi connectivity index (χ1v) is 10.3. The van der Waals surface area contributed by atoms with Gasteiger partial charge in [-0.15, -0.1) is 0 Å². The van der Waals surface area contributed by atoms with Crippen LogP contribution in [0.15, 0.2) is 41.4 Å². The number of hydrogen-bond acceptors (Lipinski definition) is 6. The number of halogens is 1. The molecule has 7 nitrogen and oxygen atoms in total. The van der Waals surface area contributed by atoms with Crippen LogP contribution in [0.1, 0.15) is 12.5 Å². The first-order valence-electron chi connectivity index (χ1n) is 9.44. The maximum absolute atomic E-state index is 13.1. The summed E-state index contributed by atoms with van der Waals surface area (Å²) >= 11 is 1.27. The summed E-state index contributed by atoms with van der Waals surface area (Å²) in [6.07, 6.45) is 0.0245. The minimum Gasteiger partial charge on any atom is -0.486 e. The number of esters is 1. The minimum absolute atomic E-state index is 0.0245. The van der Waals surface area contributed by atoms with E-state index >= 15 is 0 Å². The Morgan fingerprint density at radius 2 is 1.87 bits per heavy atom. The normalized spacial score (nSPS) is 13.5. The molecule has 9 heteroatoms. The number of amides is 1. The van der Waals surface area contributed by atoms with Crippen molar-refractivity contribution in [2.75, 3.05) is 19.8 Å². The van der Waals surface area contributed by atoms with Crippen molar-refractivity contribution in [3.8, 4) is 11.5 Å². The molecule has 1 aliphatic heterocycles. The third kappa shape index (κ3) is 4.35. The van der Waals surface area contributed by atoms with Crippen LogP contribution in [-0.4, -0.2) is 36.3 Å². The van der Waals surface area contributed by atoms with Crippen LogP contribution in [0.4, 0.5) is 4.39 Å². The van der Waals surface area contributed by atoms with E-state index in [2.05, 4.69) is 4.99 Å². The lowest BCUT2D eigenvalue weighted by Gasteiger charge is -2.18. The number of carbonyl (C=O) groups excluding carboxylic acids is 2. The molecule has 0 spiro atoms. The molecule has 3 aromatic rings. The molecule has 2 heterocycles. The van der Waals surface area contributed by atoms with Gasteiger partial charge in [-0.3, -0.25) is 9.59 Å². The average Bonchev–Trinajstić information content (AvgIpc) is 3.04. The second-order valence-corrected chi connectivity index (χ2v) is 7.56. The van der Waals surface area contributed by atoms with Crippen LogP contribution in [-0.2, 0) is 27.3 Å². The second kappa shape index (κ2) is 8.66. The van der Waals surface area contributed by atoms with E-state index in [1.807, 2.05) is 6.07 Å². The SMILES string of the molecule is CCOC(=O)Cn1c(=NC(=O)Cc2ccc(F)cc2)sc2cc3c(cc21)OCCO3. The molecule has 0 N–H and O–H groups in total. The number of fused-ring (bicyclic) bond motifs is 2. The molecule has 156 valence electrons. The molecule has 0 unspecified atom stereocenters. The summed E-state index contributed by atoms with van der Waals surface area (Å²) < 4.78 is 31.9. The third-order valence-electron chi connectivity index (χ3n) is 4.43. The van der Waals surface area contributed by atoms with Gasteiger partial charge < -0.3 is 18.8 Å². The molecule has 1 aromatic heterocycles. The third-order valence-corrected chi connectivity index (χ3v) is 5.47. The molecule has 0 saturated heterocycles. The van der Waals surface area contributed by atoms with Gasteiger partial charge in [0.1, 0.15) is 25.6 Å². The number of ether oxygens (including phenoxy) is 3. The summed E-state index contributed by atoms with van der Waals surface area (Å²) in [4.78, 5) is 29.3. The number of aromatic nitrogens is 1. The van der Waals surface area contributed by atoms with Crippen LogP contribution in [0.2, 0.25) is 0 Å². The van der Waals surface area contributed by atoms with E-state index in [4.69, 9.17) is 14.2 Å². The lowest BCUT2D eigenvalue weighted by atomic mass is 10.1. The summed E-state index contributed by atoms with van der Waals surface area (Å²) in [6, 6.07) is 9.29. The average molecular weight is 430 g/mol. The molecule has 0 fully saturated rings. The number of rotatable bonds is 5. The van der Waals surface area contributed by atoms with E-state index in [1.165, 1.54) is 23.5 Å². The molecular weight excluding hydrogens is 411 g/mol. The number of thiazole rings is 1. The maximum Gasteiger partial charge on any atom is 0.326 e. The van der Waals surface area contributed by atoms with Crippen LogP contribution in [0.5, 0.6) is 11.5 Å². The number of benzene rings is 2. The van der Waals surface area contributed by atoms with Crippen molar-refractivity contribution >= 4 is 33.4 Å². The van der Waals surface area contributed by atoms with Crippen LogP contribution < -0.4 is 14.3 Å². The fourth-order valence-electron chi connectivity index (χ4n) is 3.10. The van der Waals surface area contributed by atoms with Gasteiger partial charge in [-0.1, -0.05) is 23.5 Å². The molecular formula is C21H19FN2O5S. The Morgan fingerprint density at radius 1 is 1.17 bits per heavy atom. The lowest BCUT2D eigenvalue weighted by molar-refractivity contribution is -0.143. The van der Waals surface area contributed by atoms with Crippen molar-refractivity contribution in [2.24, 2.45) is 4.99 Å². The van der Waals surface area contributed by atoms with Gasteiger partial charge >= 0.3 is 5.97 Å². The Morgan fingerprint density at radius 3 is 2.57 bits per heavy atom. The van der Waals surface area contributed by atoms with Crippen LogP contribution in [0.25, 0.3) is 10.2 Å². The van der Waals surface area contributed by atoms with Gasteiger partial charge in [0.05, 0.1) is 23.2 Å². The van der Waals surface area contributed by atoms with E-state index in [1.54, 1.807) is 29.7 Å². The number of hydrogen-bond donors (Lipinski definition) is 0. The predicted octanol–water partition coefficient (Wildman–Crippen LogP) is 2.85. The molecule has 0 atom stereocenters. The van der Waals surface area contributed by atoms with Crippen LogP contribution >= 0.6 is 11.3 Å². The first-order chi connectivity index (χ1) is 14.5. The zero-order valence-corrected chi connectivity index (χ0v) is 17.0. The zero-order chi connectivity index (χ0) is 21.1. The van der Waals surface area contributed by atoms with E-state index in [9.17, 15) is 14.0 Å². The van der Waals surface area contributed by atoms with Gasteiger partial charge in [0.15, 0.2) is 16.3 Å². The minimum atomic E-state index is -0.431. The Kier molecular flexibility index (Phi) is 5.80. The van der Waals surface area contributed by atoms with Gasteiger partial charge in [0, 0.05) is 12.1 Å². The van der Waals surface area contributed by atoms with E-state index in [0.717, 1.165) is 4.70 Å². The molecule has 30 heavy (non-hydrogen) atoms. The standard InChI is InChI=1S/C21H19FN2O5S/c1-2-27-20(26)12-24-15-10-16-17(29-8-7-28-16)11-18(15)30-21(24)23-19(25)9-13-3-5-14(22)6-4-13/h3-6,10-11H,2,7-9,12H2,1H3. The summed E-state index contributed by atoms with van der Waals surface area (Å²) in [5.74, 6) is -0.00768. The Hall–Kier alpha value is -3.20. The fourth-order valence-corrected chi connectivity index (χ4v) is 4.16. The molecule has 0 aliphatic carbocycles. The van der Waals surface area contributed by atoms with Gasteiger partial charge in [0.2, 0.25) is 0 Å². The monoisotopic (exact) mass is 430 g/mol. The highest BCUT2D eigenvalue weighted by molar-refractivity contribution is 7.16. The van der Waals surface area contributed by atoms with Crippen molar-refractivity contribution in [3.63, 3.8) is 0 Å². The maximum atomic E-state index is 13.1. The van der Waals surface area contributed by atoms with Crippen molar-refractivity contribution < 1.29 is 28.2 Å². The quantitative estimate of drug-likeness (QED) is 0.582. The largest absolute Gasteiger partial charge is 0.486 e. The highest BCUT2D eigenvalue weighted by Crippen LogP contribution is 2.35. The molecule has 2 aromatic carbocycles. The van der Waals surface area contributed by atoms with Gasteiger partial charge in [-0.2, -0.15) is 4.99 Å². The zero-order valence-electron chi connectivity index (χ0n) is 16.2. The topological polar surface area (TPSA) is 79.1 Å². The van der Waals surface area contributed by atoms with Gasteiger partial charge in [0.25, 0.3) is 5.91 Å². The predicted molar refractivity (Wildman–Crippen MR) is 108 cm³/mol. The van der Waals surface area contributed by atoms with E-state index < -0.39 is 11.9 Å². The van der Waals surface area contributed by atoms with Gasteiger partial charge in [-0.05, 0) is 24.6 Å². The molecule has 1 aliphatic rings. The lowest BCUT2D eigenvalue weighted by Crippen LogP contribution is -2.23. The van der Waals surface area contributed by atoms with Crippen LogP contribution in [0, 0.1) is 5.82 Å². The molecule has 0 bridgehead atoms. The summed E-state index contributed by atoms with van der Waals surface area (Å²) in [5, 5.41) is 0. The van der Waals surface area contributed by atoms with Crippen LogP contribution in [0.3, 0.4) is 0 Å². The van der Waals surface area contributed by atoms with Crippen molar-refractivity contribution in [1.29, 1.82) is 0 Å². The second-order valence-electron chi connectivity index (χ2n) is 6.55. The highest BCUT2D eigenvalue weighted by atomic mass is 32.1. The highest BCUT2D eigenvalue weighted by Gasteiger charge is 2.18.